The summed E-state index contributed by atoms with van der Waals surface area (Å²) in [7, 11) is 0. The van der Waals surface area contributed by atoms with E-state index in [1.807, 2.05) is 39.0 Å². The van der Waals surface area contributed by atoms with Gasteiger partial charge in [-0.15, -0.1) is 0 Å². The van der Waals surface area contributed by atoms with Gasteiger partial charge in [-0.25, -0.2) is 4.68 Å². The third-order valence-corrected chi connectivity index (χ3v) is 4.03. The Balaban J connectivity index is 2.06. The fraction of sp³-hybridized carbons (Fsp3) is 0.412. The number of nitrogens with one attached hydrogen (secondary N) is 1. The average molecular weight is 336 g/mol. The van der Waals surface area contributed by atoms with E-state index in [0.29, 0.717) is 23.7 Å². The van der Waals surface area contributed by atoms with Crippen LogP contribution in [0.1, 0.15) is 36.3 Å². The number of aliphatic hydroxyl groups is 1. The number of hydrogen-bond donors (Lipinski definition) is 2. The molecule has 0 aliphatic carbocycles. The van der Waals surface area contributed by atoms with Gasteiger partial charge in [0.25, 0.3) is 5.91 Å². The highest BCUT2D eigenvalue weighted by Crippen LogP contribution is 2.20. The van der Waals surface area contributed by atoms with Gasteiger partial charge in [-0.1, -0.05) is 37.6 Å². The molecular formula is C17H22ClN3O2. The number of aromatic nitrogens is 2. The smallest absolute Gasteiger partial charge is 0.272 e. The second kappa shape index (κ2) is 7.62. The van der Waals surface area contributed by atoms with Crippen molar-refractivity contribution < 1.29 is 9.90 Å². The maximum Gasteiger partial charge on any atom is 0.272 e. The van der Waals surface area contributed by atoms with Crippen LogP contribution < -0.4 is 5.32 Å². The lowest BCUT2D eigenvalue weighted by Gasteiger charge is -2.14. The quantitative estimate of drug-likeness (QED) is 0.852. The van der Waals surface area contributed by atoms with E-state index in [1.165, 1.54) is 0 Å². The molecule has 0 fully saturated rings. The lowest BCUT2D eigenvalue weighted by Crippen LogP contribution is -2.29. The SMILES string of the molecule is Cc1cn(-c2ccccc2Cl)nc1C(=O)NCCC(O)C(C)C. The zero-order valence-corrected chi connectivity index (χ0v) is 14.3. The second-order valence-electron chi connectivity index (χ2n) is 5.91. The van der Waals surface area contributed by atoms with E-state index in [0.717, 1.165) is 11.3 Å². The molecular weight excluding hydrogens is 314 g/mol. The lowest BCUT2D eigenvalue weighted by atomic mass is 10.0. The van der Waals surface area contributed by atoms with E-state index in [-0.39, 0.29) is 11.8 Å². The Hall–Kier alpha value is -1.85. The molecule has 2 N–H and O–H groups in total. The molecule has 1 unspecified atom stereocenters. The second-order valence-corrected chi connectivity index (χ2v) is 6.32. The Bertz CT molecular complexity index is 682. The molecule has 0 saturated carbocycles. The summed E-state index contributed by atoms with van der Waals surface area (Å²) in [6, 6.07) is 7.33. The van der Waals surface area contributed by atoms with Crippen LogP contribution in [0.25, 0.3) is 5.69 Å². The van der Waals surface area contributed by atoms with Gasteiger partial charge >= 0.3 is 0 Å². The number of carbonyl (C=O) groups excluding carboxylic acids is 1. The number of halogens is 1. The van der Waals surface area contributed by atoms with Gasteiger partial charge in [-0.2, -0.15) is 5.10 Å². The van der Waals surface area contributed by atoms with E-state index in [4.69, 9.17) is 11.6 Å². The molecule has 1 aromatic carbocycles. The number of carbonyl (C=O) groups is 1. The van der Waals surface area contributed by atoms with Crippen LogP contribution in [0.15, 0.2) is 30.5 Å². The number of nitrogens with zero attached hydrogens (tertiary/aromatic N) is 2. The number of amides is 1. The van der Waals surface area contributed by atoms with Crippen molar-refractivity contribution in [2.75, 3.05) is 6.54 Å². The van der Waals surface area contributed by atoms with Gasteiger partial charge in [0.2, 0.25) is 0 Å². The number of para-hydroxylation sites is 1. The largest absolute Gasteiger partial charge is 0.393 e. The summed E-state index contributed by atoms with van der Waals surface area (Å²) in [6.07, 6.45) is 1.88. The van der Waals surface area contributed by atoms with Crippen LogP contribution in [-0.2, 0) is 0 Å². The Morgan fingerprint density at radius 3 is 2.74 bits per heavy atom. The van der Waals surface area contributed by atoms with Crippen LogP contribution >= 0.6 is 11.6 Å². The van der Waals surface area contributed by atoms with Crippen LogP contribution in [0.5, 0.6) is 0 Å². The van der Waals surface area contributed by atoms with Gasteiger partial charge in [-0.05, 0) is 31.4 Å². The minimum absolute atomic E-state index is 0.174. The molecule has 1 heterocycles. The Kier molecular flexibility index (Phi) is 5.80. The summed E-state index contributed by atoms with van der Waals surface area (Å²) in [5, 5.41) is 17.5. The molecule has 0 spiro atoms. The Morgan fingerprint density at radius 2 is 2.09 bits per heavy atom. The molecule has 23 heavy (non-hydrogen) atoms. The Labute approximate surface area is 141 Å². The molecule has 0 aliphatic heterocycles. The monoisotopic (exact) mass is 335 g/mol. The predicted molar refractivity (Wildman–Crippen MR) is 91.1 cm³/mol. The summed E-state index contributed by atoms with van der Waals surface area (Å²) < 4.78 is 1.61. The third-order valence-electron chi connectivity index (χ3n) is 3.71. The molecule has 6 heteroatoms. The fourth-order valence-electron chi connectivity index (χ4n) is 2.20. The summed E-state index contributed by atoms with van der Waals surface area (Å²) >= 11 is 6.16. The number of aliphatic hydroxyl groups excluding tert-OH is 1. The number of hydrogen-bond acceptors (Lipinski definition) is 3. The predicted octanol–water partition coefficient (Wildman–Crippen LogP) is 2.97. The molecule has 2 aromatic rings. The van der Waals surface area contributed by atoms with Crippen LogP contribution in [-0.4, -0.2) is 33.4 Å². The molecule has 0 bridgehead atoms. The minimum Gasteiger partial charge on any atom is -0.393 e. The van der Waals surface area contributed by atoms with Gasteiger partial charge in [-0.3, -0.25) is 4.79 Å². The standard InChI is InChI=1S/C17H22ClN3O2/c1-11(2)15(22)8-9-19-17(23)16-12(3)10-21(20-16)14-7-5-4-6-13(14)18/h4-7,10-11,15,22H,8-9H2,1-3H3,(H,19,23). The first-order valence-corrected chi connectivity index (χ1v) is 8.05. The highest BCUT2D eigenvalue weighted by atomic mass is 35.5. The number of benzene rings is 1. The van der Waals surface area contributed by atoms with Crippen molar-refractivity contribution in [3.63, 3.8) is 0 Å². The van der Waals surface area contributed by atoms with Crippen LogP contribution in [0.2, 0.25) is 5.02 Å². The third kappa shape index (κ3) is 4.33. The highest BCUT2D eigenvalue weighted by Gasteiger charge is 2.16. The molecule has 0 saturated heterocycles. The highest BCUT2D eigenvalue weighted by molar-refractivity contribution is 6.32. The number of aryl methyl sites for hydroxylation is 1. The van der Waals surface area contributed by atoms with Crippen molar-refractivity contribution in [2.45, 2.75) is 33.3 Å². The van der Waals surface area contributed by atoms with E-state index >= 15 is 0 Å². The summed E-state index contributed by atoms with van der Waals surface area (Å²) in [5.74, 6) is -0.0719. The van der Waals surface area contributed by atoms with Crippen LogP contribution in [0.4, 0.5) is 0 Å². The van der Waals surface area contributed by atoms with E-state index in [1.54, 1.807) is 16.9 Å². The van der Waals surface area contributed by atoms with Crippen LogP contribution in [0, 0.1) is 12.8 Å². The summed E-state index contributed by atoms with van der Waals surface area (Å²) in [6.45, 7) is 6.14. The molecule has 1 atom stereocenters. The Morgan fingerprint density at radius 1 is 1.39 bits per heavy atom. The van der Waals surface area contributed by atoms with Crippen molar-refractivity contribution in [1.82, 2.24) is 15.1 Å². The van der Waals surface area contributed by atoms with Crippen molar-refractivity contribution >= 4 is 17.5 Å². The van der Waals surface area contributed by atoms with Gasteiger partial charge in [0.05, 0.1) is 16.8 Å². The molecule has 2 rings (SSSR count). The van der Waals surface area contributed by atoms with Crippen molar-refractivity contribution in [3.05, 3.63) is 46.7 Å². The first kappa shape index (κ1) is 17.5. The van der Waals surface area contributed by atoms with Gasteiger partial charge < -0.3 is 10.4 Å². The van der Waals surface area contributed by atoms with E-state index in [2.05, 4.69) is 10.4 Å². The minimum atomic E-state index is -0.419. The van der Waals surface area contributed by atoms with Gasteiger partial charge in [0, 0.05) is 18.3 Å². The number of rotatable bonds is 6. The topological polar surface area (TPSA) is 67.2 Å². The summed E-state index contributed by atoms with van der Waals surface area (Å²) in [4.78, 5) is 12.2. The first-order chi connectivity index (χ1) is 10.9. The first-order valence-electron chi connectivity index (χ1n) is 7.67. The van der Waals surface area contributed by atoms with Gasteiger partial charge in [0.15, 0.2) is 5.69 Å². The zero-order chi connectivity index (χ0) is 17.0. The molecule has 124 valence electrons. The molecule has 0 radical (unpaired) electrons. The zero-order valence-electron chi connectivity index (χ0n) is 13.6. The van der Waals surface area contributed by atoms with Gasteiger partial charge in [0.1, 0.15) is 0 Å². The molecule has 1 aromatic heterocycles. The van der Waals surface area contributed by atoms with E-state index in [9.17, 15) is 9.90 Å². The molecule has 5 nitrogen and oxygen atoms in total. The fourth-order valence-corrected chi connectivity index (χ4v) is 2.42. The maximum atomic E-state index is 12.2. The van der Waals surface area contributed by atoms with Crippen LogP contribution in [0.3, 0.4) is 0 Å². The average Bonchev–Trinajstić information content (AvgIpc) is 2.89. The molecule has 1 amide bonds. The van der Waals surface area contributed by atoms with Crippen molar-refractivity contribution in [1.29, 1.82) is 0 Å². The normalized spacial score (nSPS) is 12.4. The van der Waals surface area contributed by atoms with E-state index < -0.39 is 6.10 Å². The lowest BCUT2D eigenvalue weighted by molar-refractivity contribution is 0.0914. The molecule has 0 aliphatic rings. The maximum absolute atomic E-state index is 12.2. The van der Waals surface area contributed by atoms with Crippen molar-refractivity contribution in [2.24, 2.45) is 5.92 Å². The summed E-state index contributed by atoms with van der Waals surface area (Å²) in [5.41, 5.74) is 1.86. The van der Waals surface area contributed by atoms with Crippen molar-refractivity contribution in [3.8, 4) is 5.69 Å².